The van der Waals surface area contributed by atoms with Crippen molar-refractivity contribution in [1.29, 1.82) is 0 Å². The zero-order chi connectivity index (χ0) is 10.5. The highest BCUT2D eigenvalue weighted by Crippen LogP contribution is 2.22. The zero-order valence-corrected chi connectivity index (χ0v) is 8.54. The molecule has 1 N–H and O–H groups in total. The SMILES string of the molecule is C=CC(O)(CC(=O)OCC)C(C)C. The number of carbonyl (C=O) groups is 1. The molecule has 0 radical (unpaired) electrons. The minimum atomic E-state index is -1.15. The van der Waals surface area contributed by atoms with Crippen molar-refractivity contribution in [2.45, 2.75) is 32.8 Å². The second kappa shape index (κ2) is 5.02. The van der Waals surface area contributed by atoms with Gasteiger partial charge in [0, 0.05) is 0 Å². The lowest BCUT2D eigenvalue weighted by molar-refractivity contribution is -0.148. The highest BCUT2D eigenvalue weighted by Gasteiger charge is 2.30. The average molecular weight is 186 g/mol. The van der Waals surface area contributed by atoms with E-state index in [1.54, 1.807) is 6.92 Å². The lowest BCUT2D eigenvalue weighted by Gasteiger charge is -2.27. The van der Waals surface area contributed by atoms with Crippen molar-refractivity contribution in [2.75, 3.05) is 6.61 Å². The summed E-state index contributed by atoms with van der Waals surface area (Å²) in [6.07, 6.45) is 1.37. The lowest BCUT2D eigenvalue weighted by Crippen LogP contribution is -2.35. The maximum Gasteiger partial charge on any atom is 0.309 e. The largest absolute Gasteiger partial charge is 0.466 e. The normalized spacial score (nSPS) is 15.2. The molecule has 0 saturated carbocycles. The first-order valence-electron chi connectivity index (χ1n) is 4.48. The highest BCUT2D eigenvalue weighted by molar-refractivity contribution is 5.71. The van der Waals surface area contributed by atoms with Gasteiger partial charge in [0.15, 0.2) is 0 Å². The molecule has 3 nitrogen and oxygen atoms in total. The summed E-state index contributed by atoms with van der Waals surface area (Å²) in [5, 5.41) is 9.88. The third-order valence-electron chi connectivity index (χ3n) is 2.09. The predicted octanol–water partition coefficient (Wildman–Crippen LogP) is 1.51. The van der Waals surface area contributed by atoms with Gasteiger partial charge in [-0.15, -0.1) is 6.58 Å². The Balaban J connectivity index is 4.27. The molecule has 0 aliphatic heterocycles. The Kier molecular flexibility index (Phi) is 4.70. The van der Waals surface area contributed by atoms with Crippen LogP contribution in [0.15, 0.2) is 12.7 Å². The third kappa shape index (κ3) is 3.59. The molecule has 0 fully saturated rings. The van der Waals surface area contributed by atoms with Crippen molar-refractivity contribution >= 4 is 5.97 Å². The Hall–Kier alpha value is -0.830. The standard InChI is InChI=1S/C10H18O3/c1-5-10(12,8(3)4)7-9(11)13-6-2/h5,8,12H,1,6-7H2,2-4H3. The van der Waals surface area contributed by atoms with E-state index in [4.69, 9.17) is 4.74 Å². The molecule has 3 heteroatoms. The van der Waals surface area contributed by atoms with E-state index in [-0.39, 0.29) is 12.3 Å². The van der Waals surface area contributed by atoms with Crippen LogP contribution in [-0.4, -0.2) is 23.3 Å². The predicted molar refractivity (Wildman–Crippen MR) is 51.2 cm³/mol. The molecule has 0 bridgehead atoms. The summed E-state index contributed by atoms with van der Waals surface area (Å²) in [5.41, 5.74) is -1.15. The summed E-state index contributed by atoms with van der Waals surface area (Å²) in [5.74, 6) is -0.437. The molecule has 0 aromatic heterocycles. The van der Waals surface area contributed by atoms with Crippen LogP contribution in [-0.2, 0) is 9.53 Å². The highest BCUT2D eigenvalue weighted by atomic mass is 16.5. The summed E-state index contributed by atoms with van der Waals surface area (Å²) in [4.78, 5) is 11.1. The fourth-order valence-corrected chi connectivity index (χ4v) is 0.955. The lowest BCUT2D eigenvalue weighted by atomic mass is 9.87. The maximum absolute atomic E-state index is 11.1. The van der Waals surface area contributed by atoms with Crippen molar-refractivity contribution in [3.8, 4) is 0 Å². The van der Waals surface area contributed by atoms with Gasteiger partial charge in [-0.25, -0.2) is 0 Å². The molecule has 1 atom stereocenters. The topological polar surface area (TPSA) is 46.5 Å². The molecule has 0 aromatic carbocycles. The van der Waals surface area contributed by atoms with Crippen LogP contribution >= 0.6 is 0 Å². The van der Waals surface area contributed by atoms with E-state index < -0.39 is 11.6 Å². The van der Waals surface area contributed by atoms with E-state index in [0.29, 0.717) is 6.61 Å². The second-order valence-electron chi connectivity index (χ2n) is 3.33. The first-order valence-corrected chi connectivity index (χ1v) is 4.48. The summed E-state index contributed by atoms with van der Waals surface area (Å²) in [6.45, 7) is 9.25. The van der Waals surface area contributed by atoms with Crippen LogP contribution in [0, 0.1) is 5.92 Å². The molecule has 0 rings (SSSR count). The van der Waals surface area contributed by atoms with Crippen LogP contribution < -0.4 is 0 Å². The molecular weight excluding hydrogens is 168 g/mol. The first kappa shape index (κ1) is 12.2. The Bertz CT molecular complexity index is 187. The van der Waals surface area contributed by atoms with Crippen molar-refractivity contribution in [3.05, 3.63) is 12.7 Å². The number of esters is 1. The molecule has 1 unspecified atom stereocenters. The van der Waals surface area contributed by atoms with Crippen molar-refractivity contribution in [3.63, 3.8) is 0 Å². The molecular formula is C10H18O3. The molecule has 0 aromatic rings. The number of aliphatic hydroxyl groups is 1. The van der Waals surface area contributed by atoms with Crippen molar-refractivity contribution < 1.29 is 14.6 Å². The molecule has 0 amide bonds. The maximum atomic E-state index is 11.1. The average Bonchev–Trinajstić information content (AvgIpc) is 2.04. The van der Waals surface area contributed by atoms with Gasteiger partial charge in [-0.05, 0) is 12.8 Å². The van der Waals surface area contributed by atoms with Crippen LogP contribution in [0.1, 0.15) is 27.2 Å². The van der Waals surface area contributed by atoms with Crippen LogP contribution in [0.3, 0.4) is 0 Å². The van der Waals surface area contributed by atoms with E-state index in [0.717, 1.165) is 0 Å². The first-order chi connectivity index (χ1) is 5.96. The zero-order valence-electron chi connectivity index (χ0n) is 8.54. The van der Waals surface area contributed by atoms with E-state index in [1.165, 1.54) is 6.08 Å². The Morgan fingerprint density at radius 3 is 2.54 bits per heavy atom. The van der Waals surface area contributed by atoms with Gasteiger partial charge in [-0.2, -0.15) is 0 Å². The summed E-state index contributed by atoms with van der Waals surface area (Å²) in [7, 11) is 0. The minimum absolute atomic E-state index is 0.0258. The fourth-order valence-electron chi connectivity index (χ4n) is 0.955. The van der Waals surface area contributed by atoms with Gasteiger partial charge in [0.1, 0.15) is 0 Å². The second-order valence-corrected chi connectivity index (χ2v) is 3.33. The summed E-state index contributed by atoms with van der Waals surface area (Å²) in [6, 6.07) is 0. The number of ether oxygens (including phenoxy) is 1. The summed E-state index contributed by atoms with van der Waals surface area (Å²) < 4.78 is 4.74. The van der Waals surface area contributed by atoms with Gasteiger partial charge in [0.05, 0.1) is 18.6 Å². The Morgan fingerprint density at radius 2 is 2.23 bits per heavy atom. The molecule has 0 aliphatic carbocycles. The molecule has 76 valence electrons. The molecule has 0 saturated heterocycles. The van der Waals surface area contributed by atoms with Gasteiger partial charge < -0.3 is 9.84 Å². The van der Waals surface area contributed by atoms with Gasteiger partial charge >= 0.3 is 5.97 Å². The van der Waals surface area contributed by atoms with Gasteiger partial charge in [0.2, 0.25) is 0 Å². The summed E-state index contributed by atoms with van der Waals surface area (Å²) >= 11 is 0. The van der Waals surface area contributed by atoms with Crippen LogP contribution in [0.25, 0.3) is 0 Å². The van der Waals surface area contributed by atoms with Gasteiger partial charge in [0.25, 0.3) is 0 Å². The monoisotopic (exact) mass is 186 g/mol. The Labute approximate surface area is 79.4 Å². The van der Waals surface area contributed by atoms with Gasteiger partial charge in [-0.1, -0.05) is 19.9 Å². The quantitative estimate of drug-likeness (QED) is 0.523. The van der Waals surface area contributed by atoms with E-state index in [1.807, 2.05) is 13.8 Å². The van der Waals surface area contributed by atoms with Crippen molar-refractivity contribution in [2.24, 2.45) is 5.92 Å². The molecule has 0 aliphatic rings. The minimum Gasteiger partial charge on any atom is -0.466 e. The van der Waals surface area contributed by atoms with Crippen molar-refractivity contribution in [1.82, 2.24) is 0 Å². The Morgan fingerprint density at radius 1 is 1.69 bits per heavy atom. The number of hydrogen-bond donors (Lipinski definition) is 1. The van der Waals surface area contributed by atoms with Crippen LogP contribution in [0.5, 0.6) is 0 Å². The molecule has 0 spiro atoms. The smallest absolute Gasteiger partial charge is 0.309 e. The molecule has 0 heterocycles. The fraction of sp³-hybridized carbons (Fsp3) is 0.700. The number of rotatable bonds is 5. The van der Waals surface area contributed by atoms with E-state index in [9.17, 15) is 9.90 Å². The third-order valence-corrected chi connectivity index (χ3v) is 2.09. The molecule has 13 heavy (non-hydrogen) atoms. The van der Waals surface area contributed by atoms with Gasteiger partial charge in [-0.3, -0.25) is 4.79 Å². The number of carbonyl (C=O) groups excluding carboxylic acids is 1. The number of hydrogen-bond acceptors (Lipinski definition) is 3. The van der Waals surface area contributed by atoms with Crippen LogP contribution in [0.2, 0.25) is 0 Å². The van der Waals surface area contributed by atoms with E-state index >= 15 is 0 Å². The van der Waals surface area contributed by atoms with E-state index in [2.05, 4.69) is 6.58 Å². The van der Waals surface area contributed by atoms with Crippen LogP contribution in [0.4, 0.5) is 0 Å².